The van der Waals surface area contributed by atoms with Crippen LogP contribution in [0.25, 0.3) is 11.5 Å². The Labute approximate surface area is 145 Å². The summed E-state index contributed by atoms with van der Waals surface area (Å²) >= 11 is 5.97. The van der Waals surface area contributed by atoms with Gasteiger partial charge in [-0.3, -0.25) is 0 Å². The summed E-state index contributed by atoms with van der Waals surface area (Å²) < 4.78 is 10.8. The van der Waals surface area contributed by atoms with Crippen LogP contribution in [0.15, 0.2) is 52.9 Å². The zero-order chi connectivity index (χ0) is 16.8. The van der Waals surface area contributed by atoms with E-state index >= 15 is 0 Å². The number of methoxy groups -OCH3 is 1. The Morgan fingerprint density at radius 1 is 1.12 bits per heavy atom. The predicted octanol–water partition coefficient (Wildman–Crippen LogP) is 3.73. The second-order valence-electron chi connectivity index (χ2n) is 5.29. The topological polar surface area (TPSA) is 60.2 Å². The van der Waals surface area contributed by atoms with Crippen molar-refractivity contribution in [2.75, 3.05) is 13.7 Å². The lowest BCUT2D eigenvalue weighted by Gasteiger charge is -2.03. The molecule has 0 atom stereocenters. The minimum Gasteiger partial charge on any atom is -0.497 e. The van der Waals surface area contributed by atoms with E-state index in [1.165, 1.54) is 5.56 Å². The molecule has 0 radical (unpaired) electrons. The highest BCUT2D eigenvalue weighted by atomic mass is 35.5. The highest BCUT2D eigenvalue weighted by molar-refractivity contribution is 6.30. The number of nitrogens with one attached hydrogen (secondary N) is 1. The first-order chi connectivity index (χ1) is 11.7. The van der Waals surface area contributed by atoms with E-state index in [2.05, 4.69) is 21.6 Å². The minimum absolute atomic E-state index is 0.504. The summed E-state index contributed by atoms with van der Waals surface area (Å²) in [7, 11) is 1.63. The van der Waals surface area contributed by atoms with Crippen molar-refractivity contribution >= 4 is 11.6 Å². The molecule has 1 heterocycles. The van der Waals surface area contributed by atoms with Crippen molar-refractivity contribution in [3.05, 3.63) is 65.0 Å². The molecule has 0 amide bonds. The summed E-state index contributed by atoms with van der Waals surface area (Å²) in [6.07, 6.45) is 0.889. The molecule has 1 N–H and O–H groups in total. The van der Waals surface area contributed by atoms with Crippen LogP contribution in [-0.2, 0) is 13.0 Å². The molecule has 24 heavy (non-hydrogen) atoms. The Morgan fingerprint density at radius 3 is 2.71 bits per heavy atom. The second-order valence-corrected chi connectivity index (χ2v) is 5.72. The molecular formula is C18H18ClN3O2. The monoisotopic (exact) mass is 343 g/mol. The van der Waals surface area contributed by atoms with Gasteiger partial charge in [0.2, 0.25) is 11.8 Å². The van der Waals surface area contributed by atoms with Crippen LogP contribution in [0.5, 0.6) is 5.75 Å². The number of hydrogen-bond donors (Lipinski definition) is 1. The SMILES string of the molecule is COc1ccc(-c2nnc(CNCCc3cccc(Cl)c3)o2)cc1. The third-order valence-electron chi connectivity index (χ3n) is 3.56. The Bertz CT molecular complexity index is 787. The maximum absolute atomic E-state index is 5.97. The average Bonchev–Trinajstić information content (AvgIpc) is 3.08. The van der Waals surface area contributed by atoms with E-state index in [-0.39, 0.29) is 0 Å². The van der Waals surface area contributed by atoms with Gasteiger partial charge < -0.3 is 14.5 Å². The molecule has 2 aromatic carbocycles. The van der Waals surface area contributed by atoms with Gasteiger partial charge in [-0.15, -0.1) is 10.2 Å². The fourth-order valence-electron chi connectivity index (χ4n) is 2.30. The molecule has 0 saturated heterocycles. The number of hydrogen-bond acceptors (Lipinski definition) is 5. The number of halogens is 1. The molecule has 6 heteroatoms. The van der Waals surface area contributed by atoms with Gasteiger partial charge >= 0.3 is 0 Å². The third kappa shape index (κ3) is 4.34. The molecule has 0 saturated carbocycles. The summed E-state index contributed by atoms with van der Waals surface area (Å²) in [5.41, 5.74) is 2.06. The Kier molecular flexibility index (Phi) is 5.46. The summed E-state index contributed by atoms with van der Waals surface area (Å²) in [5, 5.41) is 12.2. The van der Waals surface area contributed by atoms with Gasteiger partial charge in [-0.1, -0.05) is 23.7 Å². The van der Waals surface area contributed by atoms with Crippen LogP contribution in [0.1, 0.15) is 11.5 Å². The number of benzene rings is 2. The molecule has 0 aliphatic heterocycles. The molecule has 0 spiro atoms. The van der Waals surface area contributed by atoms with Crippen molar-refractivity contribution in [3.63, 3.8) is 0 Å². The Morgan fingerprint density at radius 2 is 1.96 bits per heavy atom. The van der Waals surface area contributed by atoms with Gasteiger partial charge in [-0.25, -0.2) is 0 Å². The molecule has 1 aromatic heterocycles. The lowest BCUT2D eigenvalue weighted by atomic mass is 10.1. The van der Waals surface area contributed by atoms with E-state index in [9.17, 15) is 0 Å². The maximum Gasteiger partial charge on any atom is 0.247 e. The predicted molar refractivity (Wildman–Crippen MR) is 93.1 cm³/mol. The molecular weight excluding hydrogens is 326 g/mol. The van der Waals surface area contributed by atoms with Crippen LogP contribution in [0.3, 0.4) is 0 Å². The van der Waals surface area contributed by atoms with E-state index in [1.807, 2.05) is 42.5 Å². The molecule has 0 bridgehead atoms. The fourth-order valence-corrected chi connectivity index (χ4v) is 2.51. The molecule has 0 aliphatic rings. The zero-order valence-electron chi connectivity index (χ0n) is 13.3. The highest BCUT2D eigenvalue weighted by Gasteiger charge is 2.08. The largest absolute Gasteiger partial charge is 0.497 e. The van der Waals surface area contributed by atoms with Crippen LogP contribution >= 0.6 is 11.6 Å². The van der Waals surface area contributed by atoms with Gasteiger partial charge in [0, 0.05) is 10.6 Å². The highest BCUT2D eigenvalue weighted by Crippen LogP contribution is 2.21. The standard InChI is InChI=1S/C18H18ClN3O2/c1-23-16-7-5-14(6-8-16)18-22-21-17(24-18)12-20-10-9-13-3-2-4-15(19)11-13/h2-8,11,20H,9-10,12H2,1H3. The van der Waals surface area contributed by atoms with E-state index in [0.717, 1.165) is 29.3 Å². The zero-order valence-corrected chi connectivity index (χ0v) is 14.1. The summed E-state index contributed by atoms with van der Waals surface area (Å²) in [6, 6.07) is 15.4. The normalized spacial score (nSPS) is 10.8. The van der Waals surface area contributed by atoms with Crippen molar-refractivity contribution < 1.29 is 9.15 Å². The van der Waals surface area contributed by atoms with Crippen molar-refractivity contribution in [2.45, 2.75) is 13.0 Å². The lowest BCUT2D eigenvalue weighted by molar-refractivity contribution is 0.415. The summed E-state index contributed by atoms with van der Waals surface area (Å²) in [6.45, 7) is 1.34. The minimum atomic E-state index is 0.504. The van der Waals surface area contributed by atoms with Gasteiger partial charge in [0.1, 0.15) is 5.75 Å². The van der Waals surface area contributed by atoms with Gasteiger partial charge in [-0.05, 0) is 54.9 Å². The summed E-state index contributed by atoms with van der Waals surface area (Å²) in [5.74, 6) is 1.86. The van der Waals surface area contributed by atoms with Gasteiger partial charge in [0.15, 0.2) is 0 Å². The first-order valence-electron chi connectivity index (χ1n) is 7.66. The molecule has 3 rings (SSSR count). The lowest BCUT2D eigenvalue weighted by Crippen LogP contribution is -2.16. The molecule has 3 aromatic rings. The summed E-state index contributed by atoms with van der Waals surface area (Å²) in [4.78, 5) is 0. The first-order valence-corrected chi connectivity index (χ1v) is 8.04. The Hall–Kier alpha value is -2.37. The van der Waals surface area contributed by atoms with Crippen LogP contribution < -0.4 is 10.1 Å². The molecule has 0 aliphatic carbocycles. The van der Waals surface area contributed by atoms with Crippen molar-refractivity contribution in [1.29, 1.82) is 0 Å². The van der Waals surface area contributed by atoms with Crippen molar-refractivity contribution in [3.8, 4) is 17.2 Å². The second kappa shape index (κ2) is 7.95. The quantitative estimate of drug-likeness (QED) is 0.662. The van der Waals surface area contributed by atoms with E-state index in [1.54, 1.807) is 7.11 Å². The van der Waals surface area contributed by atoms with E-state index in [4.69, 9.17) is 20.8 Å². The van der Waals surface area contributed by atoms with E-state index < -0.39 is 0 Å². The first kappa shape index (κ1) is 16.5. The van der Waals surface area contributed by atoms with Gasteiger partial charge in [0.05, 0.1) is 13.7 Å². The molecule has 0 unspecified atom stereocenters. The van der Waals surface area contributed by atoms with Crippen molar-refractivity contribution in [2.24, 2.45) is 0 Å². The number of nitrogens with zero attached hydrogens (tertiary/aromatic N) is 2. The number of aromatic nitrogens is 2. The van der Waals surface area contributed by atoms with E-state index in [0.29, 0.717) is 18.3 Å². The molecule has 0 fully saturated rings. The third-order valence-corrected chi connectivity index (χ3v) is 3.79. The Balaban J connectivity index is 1.50. The molecule has 124 valence electrons. The average molecular weight is 344 g/mol. The number of rotatable bonds is 7. The maximum atomic E-state index is 5.97. The van der Waals surface area contributed by atoms with Gasteiger partial charge in [-0.2, -0.15) is 0 Å². The van der Waals surface area contributed by atoms with Crippen molar-refractivity contribution in [1.82, 2.24) is 15.5 Å². The molecule has 5 nitrogen and oxygen atoms in total. The fraction of sp³-hybridized carbons (Fsp3) is 0.222. The van der Waals surface area contributed by atoms with Crippen LogP contribution in [0.2, 0.25) is 5.02 Å². The van der Waals surface area contributed by atoms with Crippen LogP contribution in [0.4, 0.5) is 0 Å². The smallest absolute Gasteiger partial charge is 0.247 e. The number of ether oxygens (including phenoxy) is 1. The van der Waals surface area contributed by atoms with Crippen LogP contribution in [-0.4, -0.2) is 23.9 Å². The van der Waals surface area contributed by atoms with Crippen LogP contribution in [0, 0.1) is 0 Å². The van der Waals surface area contributed by atoms with Gasteiger partial charge in [0.25, 0.3) is 0 Å².